The van der Waals surface area contributed by atoms with Crippen molar-refractivity contribution in [2.75, 3.05) is 21.3 Å². The molecule has 1 N–H and O–H groups in total. The number of aromatic amines is 1. The first-order valence-corrected chi connectivity index (χ1v) is 11.3. The largest absolute Gasteiger partial charge is 0.493 e. The number of carbonyl (C=O) groups excluding carboxylic acids is 1. The smallest absolute Gasteiger partial charge is 0.254 e. The number of amides is 1. The van der Waals surface area contributed by atoms with Crippen LogP contribution in [-0.2, 0) is 6.54 Å². The number of methoxy groups -OCH3 is 3. The van der Waals surface area contributed by atoms with Gasteiger partial charge in [-0.25, -0.2) is 0 Å². The summed E-state index contributed by atoms with van der Waals surface area (Å²) in [5.74, 6) is 1.13. The van der Waals surface area contributed by atoms with Gasteiger partial charge < -0.3 is 24.1 Å². The van der Waals surface area contributed by atoms with E-state index in [9.17, 15) is 9.59 Å². The number of nitrogens with one attached hydrogen (secondary N) is 1. The third-order valence-corrected chi connectivity index (χ3v) is 6.36. The number of rotatable bonds is 7. The number of nitrogens with zero attached hydrogens (tertiary/aromatic N) is 1. The van der Waals surface area contributed by atoms with E-state index in [0.717, 1.165) is 36.6 Å². The first kappa shape index (κ1) is 22.7. The summed E-state index contributed by atoms with van der Waals surface area (Å²) in [5, 5.41) is 0.941. The molecule has 1 amide bonds. The Morgan fingerprint density at radius 2 is 1.64 bits per heavy atom. The fraction of sp³-hybridized carbons (Fsp3) is 0.385. The topological polar surface area (TPSA) is 80.9 Å². The molecule has 1 heterocycles. The van der Waals surface area contributed by atoms with Gasteiger partial charge in [0.2, 0.25) is 5.75 Å². The van der Waals surface area contributed by atoms with Crippen molar-refractivity contribution in [2.45, 2.75) is 44.7 Å². The molecular formula is C26H30N2O5. The standard InChI is InChI=1S/C26H30N2O5/c1-31-22-14-18(15-23(32-2)24(22)33-3)26(30)28(20-10-5-4-6-11-20)16-19-13-17-9-7-8-12-21(17)27-25(19)29/h7-9,12-15,20H,4-6,10-11,16H2,1-3H3,(H,27,29). The van der Waals surface area contributed by atoms with E-state index < -0.39 is 0 Å². The molecule has 0 aliphatic heterocycles. The molecule has 1 aliphatic rings. The van der Waals surface area contributed by atoms with Crippen LogP contribution in [0.1, 0.15) is 48.0 Å². The maximum absolute atomic E-state index is 13.8. The first-order valence-electron chi connectivity index (χ1n) is 11.3. The minimum atomic E-state index is -0.174. The average molecular weight is 451 g/mol. The number of ether oxygens (including phenoxy) is 3. The quantitative estimate of drug-likeness (QED) is 0.572. The van der Waals surface area contributed by atoms with E-state index in [1.54, 1.807) is 12.1 Å². The van der Waals surface area contributed by atoms with Crippen molar-refractivity contribution in [2.24, 2.45) is 0 Å². The zero-order valence-electron chi connectivity index (χ0n) is 19.3. The maximum atomic E-state index is 13.8. The molecule has 7 nitrogen and oxygen atoms in total. The Morgan fingerprint density at radius 3 is 2.27 bits per heavy atom. The summed E-state index contributed by atoms with van der Waals surface area (Å²) in [7, 11) is 4.58. The molecule has 0 saturated heterocycles. The van der Waals surface area contributed by atoms with Crippen LogP contribution in [0.2, 0.25) is 0 Å². The summed E-state index contributed by atoms with van der Waals surface area (Å²) in [4.78, 5) is 31.4. The van der Waals surface area contributed by atoms with Crippen molar-refractivity contribution >= 4 is 16.8 Å². The number of para-hydroxylation sites is 1. The fourth-order valence-electron chi connectivity index (χ4n) is 4.62. The van der Waals surface area contributed by atoms with Gasteiger partial charge in [0.15, 0.2) is 11.5 Å². The van der Waals surface area contributed by atoms with Crippen molar-refractivity contribution < 1.29 is 19.0 Å². The third kappa shape index (κ3) is 4.67. The van der Waals surface area contributed by atoms with Gasteiger partial charge in [0.25, 0.3) is 11.5 Å². The lowest BCUT2D eigenvalue weighted by molar-refractivity contribution is 0.0612. The number of benzene rings is 2. The highest BCUT2D eigenvalue weighted by Crippen LogP contribution is 2.39. The monoisotopic (exact) mass is 450 g/mol. The maximum Gasteiger partial charge on any atom is 0.254 e. The lowest BCUT2D eigenvalue weighted by atomic mass is 9.93. The Morgan fingerprint density at radius 1 is 0.970 bits per heavy atom. The van der Waals surface area contributed by atoms with Crippen LogP contribution in [-0.4, -0.2) is 43.2 Å². The Bertz CT molecular complexity index is 1170. The number of aromatic nitrogens is 1. The second-order valence-electron chi connectivity index (χ2n) is 8.35. The van der Waals surface area contributed by atoms with E-state index in [2.05, 4.69) is 4.98 Å². The molecule has 2 aromatic carbocycles. The molecule has 1 aromatic heterocycles. The summed E-state index contributed by atoms with van der Waals surface area (Å²) < 4.78 is 16.3. The third-order valence-electron chi connectivity index (χ3n) is 6.36. The van der Waals surface area contributed by atoms with Crippen molar-refractivity contribution in [3.05, 3.63) is 63.9 Å². The van der Waals surface area contributed by atoms with E-state index in [4.69, 9.17) is 14.2 Å². The van der Waals surface area contributed by atoms with Crippen LogP contribution in [0.25, 0.3) is 10.9 Å². The van der Waals surface area contributed by atoms with E-state index in [1.807, 2.05) is 35.2 Å². The Labute approximate surface area is 193 Å². The molecule has 1 saturated carbocycles. The number of fused-ring (bicyclic) bond motifs is 1. The molecule has 0 atom stereocenters. The Hall–Kier alpha value is -3.48. The highest BCUT2D eigenvalue weighted by molar-refractivity contribution is 5.96. The van der Waals surface area contributed by atoms with Crippen LogP contribution >= 0.6 is 0 Å². The van der Waals surface area contributed by atoms with Crippen LogP contribution < -0.4 is 19.8 Å². The number of hydrogen-bond acceptors (Lipinski definition) is 5. The predicted octanol–water partition coefficient (Wildman–Crippen LogP) is 4.53. The second kappa shape index (κ2) is 9.98. The summed E-state index contributed by atoms with van der Waals surface area (Å²) in [6.45, 7) is 0.236. The molecule has 0 spiro atoms. The van der Waals surface area contributed by atoms with Crippen LogP contribution in [0.15, 0.2) is 47.3 Å². The van der Waals surface area contributed by atoms with Crippen molar-refractivity contribution in [3.63, 3.8) is 0 Å². The molecule has 1 fully saturated rings. The molecule has 0 bridgehead atoms. The second-order valence-corrected chi connectivity index (χ2v) is 8.35. The van der Waals surface area contributed by atoms with E-state index in [0.29, 0.717) is 28.4 Å². The minimum Gasteiger partial charge on any atom is -0.493 e. The Balaban J connectivity index is 1.74. The van der Waals surface area contributed by atoms with Crippen molar-refractivity contribution in [1.29, 1.82) is 0 Å². The predicted molar refractivity (Wildman–Crippen MR) is 127 cm³/mol. The zero-order valence-corrected chi connectivity index (χ0v) is 19.3. The Kier molecular flexibility index (Phi) is 6.87. The molecule has 3 aromatic rings. The van der Waals surface area contributed by atoms with Gasteiger partial charge in [-0.3, -0.25) is 9.59 Å². The van der Waals surface area contributed by atoms with E-state index in [1.165, 1.54) is 27.8 Å². The summed E-state index contributed by atoms with van der Waals surface area (Å²) in [5.41, 5.74) is 1.62. The number of carbonyl (C=O) groups is 1. The number of H-pyrrole nitrogens is 1. The van der Waals surface area contributed by atoms with Gasteiger partial charge in [-0.2, -0.15) is 0 Å². The normalized spacial score (nSPS) is 14.2. The lowest BCUT2D eigenvalue weighted by Gasteiger charge is -2.34. The fourth-order valence-corrected chi connectivity index (χ4v) is 4.62. The highest BCUT2D eigenvalue weighted by atomic mass is 16.5. The minimum absolute atomic E-state index is 0.0659. The van der Waals surface area contributed by atoms with Gasteiger partial charge in [0.05, 0.1) is 27.9 Å². The summed E-state index contributed by atoms with van der Waals surface area (Å²) >= 11 is 0. The van der Waals surface area contributed by atoms with Gasteiger partial charge in [0.1, 0.15) is 0 Å². The molecule has 4 rings (SSSR count). The van der Waals surface area contributed by atoms with Gasteiger partial charge >= 0.3 is 0 Å². The lowest BCUT2D eigenvalue weighted by Crippen LogP contribution is -2.42. The van der Waals surface area contributed by atoms with Crippen LogP contribution in [0.5, 0.6) is 17.2 Å². The van der Waals surface area contributed by atoms with E-state index >= 15 is 0 Å². The van der Waals surface area contributed by atoms with Gasteiger partial charge in [-0.05, 0) is 42.5 Å². The van der Waals surface area contributed by atoms with Crippen molar-refractivity contribution in [1.82, 2.24) is 9.88 Å². The number of pyridine rings is 1. The zero-order chi connectivity index (χ0) is 23.4. The highest BCUT2D eigenvalue weighted by Gasteiger charge is 2.29. The van der Waals surface area contributed by atoms with Crippen LogP contribution in [0.4, 0.5) is 0 Å². The van der Waals surface area contributed by atoms with Gasteiger partial charge in [0, 0.05) is 22.7 Å². The average Bonchev–Trinajstić information content (AvgIpc) is 2.86. The van der Waals surface area contributed by atoms with E-state index in [-0.39, 0.29) is 24.1 Å². The van der Waals surface area contributed by atoms with Gasteiger partial charge in [-0.1, -0.05) is 37.5 Å². The van der Waals surface area contributed by atoms with Crippen LogP contribution in [0, 0.1) is 0 Å². The molecule has 7 heteroatoms. The molecule has 0 radical (unpaired) electrons. The van der Waals surface area contributed by atoms with Gasteiger partial charge in [-0.15, -0.1) is 0 Å². The molecule has 0 unspecified atom stereocenters. The number of hydrogen-bond donors (Lipinski definition) is 1. The molecule has 33 heavy (non-hydrogen) atoms. The molecule has 1 aliphatic carbocycles. The summed E-state index contributed by atoms with van der Waals surface area (Å²) in [6, 6.07) is 12.9. The van der Waals surface area contributed by atoms with Crippen molar-refractivity contribution in [3.8, 4) is 17.2 Å². The summed E-state index contributed by atoms with van der Waals surface area (Å²) in [6.07, 6.45) is 5.14. The van der Waals surface area contributed by atoms with Crippen LogP contribution in [0.3, 0.4) is 0 Å². The first-order chi connectivity index (χ1) is 16.0. The SMILES string of the molecule is COc1cc(C(=O)N(Cc2cc3ccccc3[nH]c2=O)C2CCCCC2)cc(OC)c1OC. The molecule has 174 valence electrons. The molecular weight excluding hydrogens is 420 g/mol.